The summed E-state index contributed by atoms with van der Waals surface area (Å²) < 4.78 is 0. The molecule has 0 aromatic rings. The molecule has 98 valence electrons. The molecule has 1 amide bonds. The van der Waals surface area contributed by atoms with E-state index in [9.17, 15) is 4.79 Å². The van der Waals surface area contributed by atoms with E-state index >= 15 is 0 Å². The lowest BCUT2D eigenvalue weighted by Gasteiger charge is -2.31. The molecule has 2 rings (SSSR count). The van der Waals surface area contributed by atoms with E-state index in [0.717, 1.165) is 31.2 Å². The first-order valence-corrected chi connectivity index (χ1v) is 8.12. The Bertz CT molecular complexity index is 246. The third kappa shape index (κ3) is 3.88. The van der Waals surface area contributed by atoms with Gasteiger partial charge in [0, 0.05) is 24.4 Å². The van der Waals surface area contributed by atoms with Crippen molar-refractivity contribution in [3.05, 3.63) is 0 Å². The van der Waals surface area contributed by atoms with Crippen molar-refractivity contribution in [3.8, 4) is 0 Å². The predicted octanol–water partition coefficient (Wildman–Crippen LogP) is 1.87. The van der Waals surface area contributed by atoms with Gasteiger partial charge in [-0.25, -0.2) is 0 Å². The van der Waals surface area contributed by atoms with Crippen LogP contribution < -0.4 is 5.32 Å². The molecule has 0 radical (unpaired) electrons. The molecule has 0 aromatic heterocycles. The molecule has 2 aliphatic rings. The molecule has 1 N–H and O–H groups in total. The highest BCUT2D eigenvalue weighted by Crippen LogP contribution is 2.21. The van der Waals surface area contributed by atoms with E-state index in [2.05, 4.69) is 11.6 Å². The van der Waals surface area contributed by atoms with Gasteiger partial charge in [0.25, 0.3) is 0 Å². The fourth-order valence-electron chi connectivity index (χ4n) is 2.81. The van der Waals surface area contributed by atoms with Crippen LogP contribution in [-0.2, 0) is 4.79 Å². The second-order valence-electron chi connectivity index (χ2n) is 5.18. The maximum atomic E-state index is 12.0. The molecule has 17 heavy (non-hydrogen) atoms. The van der Waals surface area contributed by atoms with Crippen LogP contribution in [0.4, 0.5) is 0 Å². The molecule has 0 atom stereocenters. The number of rotatable bonds is 4. The summed E-state index contributed by atoms with van der Waals surface area (Å²) in [6, 6.07) is 0.600. The third-order valence-electron chi connectivity index (χ3n) is 4.03. The number of piperidine rings is 1. The number of nitrogens with zero attached hydrogens (tertiary/aromatic N) is 1. The highest BCUT2D eigenvalue weighted by Gasteiger charge is 2.23. The van der Waals surface area contributed by atoms with Crippen molar-refractivity contribution in [3.63, 3.8) is 0 Å². The minimum atomic E-state index is 0.302. The van der Waals surface area contributed by atoms with Crippen molar-refractivity contribution in [1.29, 1.82) is 0 Å². The summed E-state index contributed by atoms with van der Waals surface area (Å²) in [5, 5.41) is 4.17. The van der Waals surface area contributed by atoms with Gasteiger partial charge in [-0.1, -0.05) is 12.8 Å². The van der Waals surface area contributed by atoms with Gasteiger partial charge >= 0.3 is 0 Å². The predicted molar refractivity (Wildman–Crippen MR) is 73.4 cm³/mol. The Morgan fingerprint density at radius 3 is 2.47 bits per heavy atom. The molecule has 0 unspecified atom stereocenters. The standard InChI is InChI=1S/C13H24N2OS/c1-17-12-6-8-15(9-7-12)13(16)10-14-11-4-2-3-5-11/h11-12,14H,2-10H2,1H3. The fourth-order valence-corrected chi connectivity index (χ4v) is 3.50. The van der Waals surface area contributed by atoms with E-state index in [-0.39, 0.29) is 0 Å². The lowest BCUT2D eigenvalue weighted by atomic mass is 10.1. The summed E-state index contributed by atoms with van der Waals surface area (Å²) in [7, 11) is 0. The van der Waals surface area contributed by atoms with Crippen LogP contribution in [0.15, 0.2) is 0 Å². The molecule has 0 bridgehead atoms. The van der Waals surface area contributed by atoms with Crippen LogP contribution in [0.2, 0.25) is 0 Å². The second-order valence-corrected chi connectivity index (χ2v) is 6.32. The average molecular weight is 256 g/mol. The van der Waals surface area contributed by atoms with Gasteiger partial charge in [-0.3, -0.25) is 4.79 Å². The first-order chi connectivity index (χ1) is 8.29. The van der Waals surface area contributed by atoms with Crippen LogP contribution in [0.3, 0.4) is 0 Å². The number of thioether (sulfide) groups is 1. The maximum Gasteiger partial charge on any atom is 0.236 e. The molecule has 1 saturated heterocycles. The molecule has 1 saturated carbocycles. The van der Waals surface area contributed by atoms with Crippen LogP contribution in [0.1, 0.15) is 38.5 Å². The molecule has 1 heterocycles. The molecule has 2 fully saturated rings. The van der Waals surface area contributed by atoms with Crippen LogP contribution in [-0.4, -0.2) is 48.0 Å². The zero-order chi connectivity index (χ0) is 12.1. The maximum absolute atomic E-state index is 12.0. The van der Waals surface area contributed by atoms with Gasteiger partial charge in [-0.15, -0.1) is 0 Å². The summed E-state index contributed by atoms with van der Waals surface area (Å²) in [4.78, 5) is 14.0. The number of carbonyl (C=O) groups is 1. The summed E-state index contributed by atoms with van der Waals surface area (Å²) >= 11 is 1.94. The second kappa shape index (κ2) is 6.64. The van der Waals surface area contributed by atoms with Crippen molar-refractivity contribution in [2.24, 2.45) is 0 Å². The number of hydrogen-bond donors (Lipinski definition) is 1. The van der Waals surface area contributed by atoms with Gasteiger partial charge in [0.1, 0.15) is 0 Å². The number of nitrogens with one attached hydrogen (secondary N) is 1. The lowest BCUT2D eigenvalue weighted by molar-refractivity contribution is -0.131. The zero-order valence-electron chi connectivity index (χ0n) is 10.8. The molecule has 0 aromatic carbocycles. The quantitative estimate of drug-likeness (QED) is 0.833. The minimum Gasteiger partial charge on any atom is -0.342 e. The van der Waals surface area contributed by atoms with Crippen molar-refractivity contribution < 1.29 is 4.79 Å². The van der Waals surface area contributed by atoms with Gasteiger partial charge in [0.15, 0.2) is 0 Å². The Kier molecular flexibility index (Phi) is 5.16. The molecular weight excluding hydrogens is 232 g/mol. The Morgan fingerprint density at radius 2 is 1.88 bits per heavy atom. The van der Waals surface area contributed by atoms with E-state index in [4.69, 9.17) is 0 Å². The zero-order valence-corrected chi connectivity index (χ0v) is 11.6. The first-order valence-electron chi connectivity index (χ1n) is 6.83. The van der Waals surface area contributed by atoms with E-state index in [1.165, 1.54) is 25.7 Å². The van der Waals surface area contributed by atoms with Gasteiger partial charge in [-0.2, -0.15) is 11.8 Å². The smallest absolute Gasteiger partial charge is 0.236 e. The number of hydrogen-bond acceptors (Lipinski definition) is 3. The SMILES string of the molecule is CSC1CCN(C(=O)CNC2CCCC2)CC1. The van der Waals surface area contributed by atoms with E-state index in [1.54, 1.807) is 0 Å². The normalized spacial score (nSPS) is 23.2. The van der Waals surface area contributed by atoms with E-state index in [0.29, 0.717) is 18.5 Å². The fraction of sp³-hybridized carbons (Fsp3) is 0.923. The molecule has 0 spiro atoms. The van der Waals surface area contributed by atoms with Crippen molar-refractivity contribution >= 4 is 17.7 Å². The highest BCUT2D eigenvalue weighted by molar-refractivity contribution is 7.99. The van der Waals surface area contributed by atoms with E-state index < -0.39 is 0 Å². The van der Waals surface area contributed by atoms with Crippen molar-refractivity contribution in [2.45, 2.75) is 49.8 Å². The summed E-state index contributed by atoms with van der Waals surface area (Å²) in [6.07, 6.45) is 9.65. The Morgan fingerprint density at radius 1 is 1.24 bits per heavy atom. The molecule has 1 aliphatic heterocycles. The number of amides is 1. The van der Waals surface area contributed by atoms with Crippen LogP contribution in [0, 0.1) is 0 Å². The highest BCUT2D eigenvalue weighted by atomic mass is 32.2. The molecular formula is C13H24N2OS. The third-order valence-corrected chi connectivity index (χ3v) is 5.16. The Balaban J connectivity index is 1.66. The van der Waals surface area contributed by atoms with Crippen LogP contribution in [0.5, 0.6) is 0 Å². The molecule has 3 nitrogen and oxygen atoms in total. The van der Waals surface area contributed by atoms with Gasteiger partial charge < -0.3 is 10.2 Å². The molecule has 4 heteroatoms. The lowest BCUT2D eigenvalue weighted by Crippen LogP contribution is -2.45. The van der Waals surface area contributed by atoms with Gasteiger partial charge in [0.2, 0.25) is 5.91 Å². The largest absolute Gasteiger partial charge is 0.342 e. The monoisotopic (exact) mass is 256 g/mol. The number of carbonyl (C=O) groups excluding carboxylic acids is 1. The van der Waals surface area contributed by atoms with Crippen molar-refractivity contribution in [2.75, 3.05) is 25.9 Å². The summed E-state index contributed by atoms with van der Waals surface area (Å²) in [5.41, 5.74) is 0. The Hall–Kier alpha value is -0.220. The summed E-state index contributed by atoms with van der Waals surface area (Å²) in [5.74, 6) is 0.302. The van der Waals surface area contributed by atoms with Gasteiger partial charge in [-0.05, 0) is 31.9 Å². The molecule has 1 aliphatic carbocycles. The van der Waals surface area contributed by atoms with Crippen molar-refractivity contribution in [1.82, 2.24) is 10.2 Å². The first kappa shape index (κ1) is 13.2. The Labute approximate surface area is 109 Å². The summed E-state index contributed by atoms with van der Waals surface area (Å²) in [6.45, 7) is 2.46. The topological polar surface area (TPSA) is 32.3 Å². The van der Waals surface area contributed by atoms with E-state index in [1.807, 2.05) is 16.7 Å². The minimum absolute atomic E-state index is 0.302. The average Bonchev–Trinajstić information content (AvgIpc) is 2.89. The van der Waals surface area contributed by atoms with Gasteiger partial charge in [0.05, 0.1) is 6.54 Å². The van der Waals surface area contributed by atoms with Crippen LogP contribution in [0.25, 0.3) is 0 Å². The van der Waals surface area contributed by atoms with Crippen LogP contribution >= 0.6 is 11.8 Å². The number of likely N-dealkylation sites (tertiary alicyclic amines) is 1.